The second-order valence-electron chi connectivity index (χ2n) is 6.17. The summed E-state index contributed by atoms with van der Waals surface area (Å²) in [6.07, 6.45) is 5.64. The number of nitrogen functional groups attached to an aromatic ring is 1. The lowest BCUT2D eigenvalue weighted by Crippen LogP contribution is -2.28. The van der Waals surface area contributed by atoms with Crippen molar-refractivity contribution >= 4 is 23.2 Å². The number of carbonyl (C=O) groups excluding carboxylic acids is 1. The molecular weight excluding hydrogens is 322 g/mol. The van der Waals surface area contributed by atoms with Crippen molar-refractivity contribution in [2.75, 3.05) is 12.3 Å². The van der Waals surface area contributed by atoms with Crippen molar-refractivity contribution in [2.45, 2.75) is 52.4 Å². The van der Waals surface area contributed by atoms with Crippen LogP contribution < -0.4 is 11.1 Å². The zero-order chi connectivity index (χ0) is 17.1. The number of fused-ring (bicyclic) bond motifs is 1. The molecule has 2 heterocycles. The third-order valence-corrected chi connectivity index (χ3v) is 5.47. The van der Waals surface area contributed by atoms with Crippen LogP contribution in [0.2, 0.25) is 0 Å². The van der Waals surface area contributed by atoms with Crippen molar-refractivity contribution in [3.63, 3.8) is 0 Å². The van der Waals surface area contributed by atoms with Crippen molar-refractivity contribution in [2.24, 2.45) is 0 Å². The highest BCUT2D eigenvalue weighted by atomic mass is 32.1. The average Bonchev–Trinajstić information content (AvgIpc) is 2.88. The van der Waals surface area contributed by atoms with Gasteiger partial charge in [-0.15, -0.1) is 11.3 Å². The Bertz CT molecular complexity index is 736. The van der Waals surface area contributed by atoms with E-state index in [1.165, 1.54) is 4.88 Å². The Morgan fingerprint density at radius 3 is 2.75 bits per heavy atom. The van der Waals surface area contributed by atoms with Gasteiger partial charge in [0.05, 0.1) is 10.7 Å². The van der Waals surface area contributed by atoms with Gasteiger partial charge in [0.25, 0.3) is 5.91 Å². The van der Waals surface area contributed by atoms with Gasteiger partial charge in [-0.2, -0.15) is 0 Å². The molecule has 0 spiro atoms. The highest BCUT2D eigenvalue weighted by Gasteiger charge is 2.21. The van der Waals surface area contributed by atoms with Gasteiger partial charge in [0, 0.05) is 29.1 Å². The van der Waals surface area contributed by atoms with E-state index >= 15 is 0 Å². The van der Waals surface area contributed by atoms with Crippen LogP contribution in [0.4, 0.5) is 5.95 Å². The van der Waals surface area contributed by atoms with Crippen LogP contribution in [-0.2, 0) is 19.3 Å². The Kier molecular flexibility index (Phi) is 5.08. The van der Waals surface area contributed by atoms with Gasteiger partial charge in [-0.3, -0.25) is 4.79 Å². The predicted octanol–water partition coefficient (Wildman–Crippen LogP) is 2.37. The first-order chi connectivity index (χ1) is 11.5. The Morgan fingerprint density at radius 1 is 1.21 bits per heavy atom. The van der Waals surface area contributed by atoms with E-state index in [0.717, 1.165) is 60.5 Å². The van der Waals surface area contributed by atoms with Crippen molar-refractivity contribution in [1.29, 1.82) is 0 Å². The number of hydrogen-bond donors (Lipinski definition) is 2. The minimum absolute atomic E-state index is 0.145. The summed E-state index contributed by atoms with van der Waals surface area (Å²) in [5.74, 6) is 0.0447. The lowest BCUT2D eigenvalue weighted by atomic mass is 9.94. The van der Waals surface area contributed by atoms with Crippen molar-refractivity contribution in [3.05, 3.63) is 32.5 Å². The van der Waals surface area contributed by atoms with Crippen molar-refractivity contribution < 1.29 is 4.79 Å². The highest BCUT2D eigenvalue weighted by Crippen LogP contribution is 2.23. The topological polar surface area (TPSA) is 93.8 Å². The minimum Gasteiger partial charge on any atom is -0.368 e. The minimum atomic E-state index is -0.145. The van der Waals surface area contributed by atoms with E-state index in [9.17, 15) is 4.79 Å². The molecule has 0 aliphatic heterocycles. The fourth-order valence-electron chi connectivity index (χ4n) is 2.97. The molecule has 0 atom stereocenters. The molecule has 128 valence electrons. The SMILES string of the molecule is Cc1nc(CCCNC(=O)c2nc(N)nc3c2CCCC3)sc1C. The molecule has 6 nitrogen and oxygen atoms in total. The molecule has 1 aliphatic rings. The third kappa shape index (κ3) is 3.72. The van der Waals surface area contributed by atoms with Crippen LogP contribution in [0.1, 0.15) is 56.6 Å². The van der Waals surface area contributed by atoms with Gasteiger partial charge in [-0.25, -0.2) is 15.0 Å². The van der Waals surface area contributed by atoms with Crippen molar-refractivity contribution in [1.82, 2.24) is 20.3 Å². The maximum atomic E-state index is 12.5. The zero-order valence-electron chi connectivity index (χ0n) is 14.2. The van der Waals surface area contributed by atoms with E-state index in [4.69, 9.17) is 5.73 Å². The molecule has 0 aromatic carbocycles. The highest BCUT2D eigenvalue weighted by molar-refractivity contribution is 7.11. The molecule has 0 saturated heterocycles. The van der Waals surface area contributed by atoms with E-state index < -0.39 is 0 Å². The summed E-state index contributed by atoms with van der Waals surface area (Å²) in [7, 11) is 0. The predicted molar refractivity (Wildman–Crippen MR) is 95.3 cm³/mol. The van der Waals surface area contributed by atoms with Gasteiger partial charge in [-0.05, 0) is 46.0 Å². The molecule has 7 heteroatoms. The van der Waals surface area contributed by atoms with Gasteiger partial charge in [-0.1, -0.05) is 0 Å². The summed E-state index contributed by atoms with van der Waals surface area (Å²) >= 11 is 1.73. The molecule has 0 saturated carbocycles. The monoisotopic (exact) mass is 345 g/mol. The number of aryl methyl sites for hydroxylation is 4. The van der Waals surface area contributed by atoms with Gasteiger partial charge in [0.15, 0.2) is 0 Å². The Morgan fingerprint density at radius 2 is 2.00 bits per heavy atom. The Hall–Kier alpha value is -2.02. The van der Waals surface area contributed by atoms with Crippen LogP contribution in [0.25, 0.3) is 0 Å². The van der Waals surface area contributed by atoms with Gasteiger partial charge in [0.2, 0.25) is 5.95 Å². The zero-order valence-corrected chi connectivity index (χ0v) is 15.0. The molecule has 2 aromatic heterocycles. The number of thiazole rings is 1. The summed E-state index contributed by atoms with van der Waals surface area (Å²) in [5.41, 5.74) is 9.22. The summed E-state index contributed by atoms with van der Waals surface area (Å²) in [6, 6.07) is 0. The van der Waals surface area contributed by atoms with Crippen LogP contribution in [0.15, 0.2) is 0 Å². The molecule has 0 fully saturated rings. The van der Waals surface area contributed by atoms with E-state index in [2.05, 4.69) is 27.2 Å². The smallest absolute Gasteiger partial charge is 0.270 e. The second kappa shape index (κ2) is 7.25. The molecular formula is C17H23N5OS. The number of nitrogens with one attached hydrogen (secondary N) is 1. The van der Waals surface area contributed by atoms with Crippen LogP contribution in [0.5, 0.6) is 0 Å². The van der Waals surface area contributed by atoms with Gasteiger partial charge >= 0.3 is 0 Å². The van der Waals surface area contributed by atoms with E-state index in [0.29, 0.717) is 12.2 Å². The summed E-state index contributed by atoms with van der Waals surface area (Å²) in [5, 5.41) is 4.09. The first-order valence-corrected chi connectivity index (χ1v) is 9.22. The van der Waals surface area contributed by atoms with E-state index in [-0.39, 0.29) is 11.9 Å². The number of aromatic nitrogens is 3. The lowest BCUT2D eigenvalue weighted by Gasteiger charge is -2.17. The molecule has 2 aromatic rings. The van der Waals surface area contributed by atoms with Crippen LogP contribution >= 0.6 is 11.3 Å². The number of amides is 1. The first kappa shape index (κ1) is 16.8. The largest absolute Gasteiger partial charge is 0.368 e. The van der Waals surface area contributed by atoms with Crippen molar-refractivity contribution in [3.8, 4) is 0 Å². The number of rotatable bonds is 5. The molecule has 0 bridgehead atoms. The molecule has 0 radical (unpaired) electrons. The number of carbonyl (C=O) groups is 1. The summed E-state index contributed by atoms with van der Waals surface area (Å²) in [6.45, 7) is 4.72. The lowest BCUT2D eigenvalue weighted by molar-refractivity contribution is 0.0946. The summed E-state index contributed by atoms with van der Waals surface area (Å²) in [4.78, 5) is 26.7. The molecule has 3 rings (SSSR count). The molecule has 1 amide bonds. The summed E-state index contributed by atoms with van der Waals surface area (Å²) < 4.78 is 0. The first-order valence-electron chi connectivity index (χ1n) is 8.41. The third-order valence-electron chi connectivity index (χ3n) is 4.34. The standard InChI is InChI=1S/C17H23N5OS/c1-10-11(2)24-14(20-10)8-5-9-19-16(23)15-12-6-3-4-7-13(12)21-17(18)22-15/h3-9H2,1-2H3,(H,19,23)(H2,18,21,22). The molecule has 3 N–H and O–H groups in total. The van der Waals surface area contributed by atoms with Gasteiger partial charge < -0.3 is 11.1 Å². The van der Waals surface area contributed by atoms with Crippen LogP contribution in [-0.4, -0.2) is 27.4 Å². The van der Waals surface area contributed by atoms with Crippen LogP contribution in [0.3, 0.4) is 0 Å². The molecule has 0 unspecified atom stereocenters. The van der Waals surface area contributed by atoms with E-state index in [1.54, 1.807) is 11.3 Å². The quantitative estimate of drug-likeness (QED) is 0.812. The van der Waals surface area contributed by atoms with Crippen LogP contribution in [0, 0.1) is 13.8 Å². The number of nitrogens with zero attached hydrogens (tertiary/aromatic N) is 3. The fraction of sp³-hybridized carbons (Fsp3) is 0.529. The number of nitrogens with two attached hydrogens (primary N) is 1. The fourth-order valence-corrected chi connectivity index (χ4v) is 3.95. The normalized spacial score (nSPS) is 13.6. The number of anilines is 1. The maximum absolute atomic E-state index is 12.5. The Balaban J connectivity index is 1.58. The molecule has 1 aliphatic carbocycles. The van der Waals surface area contributed by atoms with Gasteiger partial charge in [0.1, 0.15) is 5.69 Å². The average molecular weight is 345 g/mol. The maximum Gasteiger partial charge on any atom is 0.270 e. The molecule has 24 heavy (non-hydrogen) atoms. The number of hydrogen-bond acceptors (Lipinski definition) is 6. The second-order valence-corrected chi connectivity index (χ2v) is 7.46. The Labute approximate surface area is 145 Å². The van der Waals surface area contributed by atoms with E-state index in [1.807, 2.05) is 6.92 Å².